The van der Waals surface area contributed by atoms with E-state index >= 15 is 0 Å². The second kappa shape index (κ2) is 8.27. The third-order valence-electron chi connectivity index (χ3n) is 6.04. The summed E-state index contributed by atoms with van der Waals surface area (Å²) in [5.41, 5.74) is 3.67. The fraction of sp³-hybridized carbons (Fsp3) is 0.333. The molecule has 2 atom stereocenters. The van der Waals surface area contributed by atoms with Crippen molar-refractivity contribution in [3.63, 3.8) is 0 Å². The van der Waals surface area contributed by atoms with Crippen LogP contribution in [0.3, 0.4) is 0 Å². The lowest BCUT2D eigenvalue weighted by Crippen LogP contribution is -2.34. The number of rotatable bonds is 6. The highest BCUT2D eigenvalue weighted by Crippen LogP contribution is 2.55. The molecule has 2 aromatic heterocycles. The maximum Gasteiger partial charge on any atom is 0.229 e. The Bertz CT molecular complexity index is 1120. The molecule has 6 nitrogen and oxygen atoms in total. The molecule has 1 aromatic carbocycles. The number of benzene rings is 1. The number of carbonyl (C=O) groups excluding carboxylic acids is 1. The van der Waals surface area contributed by atoms with Gasteiger partial charge in [-0.05, 0) is 44.4 Å². The smallest absolute Gasteiger partial charge is 0.229 e. The number of aryl methyl sites for hydroxylation is 3. The van der Waals surface area contributed by atoms with Crippen LogP contribution in [0.2, 0.25) is 5.02 Å². The molecule has 0 spiro atoms. The third kappa shape index (κ3) is 4.26. The van der Waals surface area contributed by atoms with Gasteiger partial charge in [0.2, 0.25) is 5.91 Å². The lowest BCUT2D eigenvalue weighted by Gasteiger charge is -2.27. The molecular weight excluding hydrogens is 410 g/mol. The summed E-state index contributed by atoms with van der Waals surface area (Å²) in [6, 6.07) is 12.0. The maximum atomic E-state index is 13.2. The van der Waals surface area contributed by atoms with Gasteiger partial charge in [-0.2, -0.15) is 0 Å². The van der Waals surface area contributed by atoms with E-state index in [1.807, 2.05) is 52.2 Å². The van der Waals surface area contributed by atoms with Crippen molar-refractivity contribution in [2.45, 2.75) is 32.6 Å². The van der Waals surface area contributed by atoms with E-state index < -0.39 is 0 Å². The first-order valence-corrected chi connectivity index (χ1v) is 10.7. The van der Waals surface area contributed by atoms with Gasteiger partial charge in [0.1, 0.15) is 11.6 Å². The minimum Gasteiger partial charge on any atom is -0.371 e. The van der Waals surface area contributed by atoms with Gasteiger partial charge in [-0.25, -0.2) is 15.0 Å². The molecular formula is C24H26ClN5O. The normalized spacial score (nSPS) is 19.7. The molecule has 1 aliphatic carbocycles. The van der Waals surface area contributed by atoms with E-state index in [1.54, 1.807) is 12.3 Å². The first-order valence-electron chi connectivity index (χ1n) is 10.3. The van der Waals surface area contributed by atoms with Crippen molar-refractivity contribution in [3.8, 4) is 0 Å². The number of carbonyl (C=O) groups is 1. The van der Waals surface area contributed by atoms with Gasteiger partial charge in [-0.1, -0.05) is 41.9 Å². The molecule has 1 N–H and O–H groups in total. The number of amides is 1. The van der Waals surface area contributed by atoms with Gasteiger partial charge in [0.05, 0.1) is 28.5 Å². The van der Waals surface area contributed by atoms with Crippen molar-refractivity contribution in [1.29, 1.82) is 0 Å². The second-order valence-electron chi connectivity index (χ2n) is 8.33. The van der Waals surface area contributed by atoms with Crippen molar-refractivity contribution < 1.29 is 4.79 Å². The number of nitrogens with zero attached hydrogens (tertiary/aromatic N) is 4. The van der Waals surface area contributed by atoms with Gasteiger partial charge >= 0.3 is 0 Å². The summed E-state index contributed by atoms with van der Waals surface area (Å²) in [7, 11) is 2.03. The Hall–Kier alpha value is -2.99. The first-order chi connectivity index (χ1) is 14.8. The fourth-order valence-corrected chi connectivity index (χ4v) is 4.39. The molecule has 0 saturated heterocycles. The standard InChI is InChI=1S/C24H26ClN5O/c1-15-10-22(27-12-20(15)25)29-23(31)19-11-24(19,18-8-6-5-7-9-18)14-30(4)21-13-26-17(3)28-16(21)2/h5-10,12-13,19H,11,14H2,1-4H3,(H,27,29,31)/t19-,24+/m0/s1. The Kier molecular flexibility index (Phi) is 5.67. The van der Waals surface area contributed by atoms with E-state index in [2.05, 4.69) is 37.3 Å². The van der Waals surface area contributed by atoms with E-state index in [-0.39, 0.29) is 17.2 Å². The molecule has 1 amide bonds. The Balaban J connectivity index is 1.58. The first kappa shape index (κ1) is 21.2. The summed E-state index contributed by atoms with van der Waals surface area (Å²) in [6.45, 7) is 6.46. The third-order valence-corrected chi connectivity index (χ3v) is 6.44. The van der Waals surface area contributed by atoms with Crippen LogP contribution in [0.1, 0.15) is 29.1 Å². The zero-order valence-electron chi connectivity index (χ0n) is 18.2. The number of halogens is 1. The van der Waals surface area contributed by atoms with Gasteiger partial charge in [0.15, 0.2) is 0 Å². The Morgan fingerprint density at radius 2 is 1.94 bits per heavy atom. The van der Waals surface area contributed by atoms with Gasteiger partial charge in [0, 0.05) is 25.2 Å². The summed E-state index contributed by atoms with van der Waals surface area (Å²) >= 11 is 6.06. The van der Waals surface area contributed by atoms with Crippen LogP contribution in [0.25, 0.3) is 0 Å². The zero-order chi connectivity index (χ0) is 22.2. The number of hydrogen-bond acceptors (Lipinski definition) is 5. The van der Waals surface area contributed by atoms with Crippen LogP contribution < -0.4 is 10.2 Å². The van der Waals surface area contributed by atoms with Gasteiger partial charge in [-0.3, -0.25) is 4.79 Å². The highest BCUT2D eigenvalue weighted by atomic mass is 35.5. The Labute approximate surface area is 187 Å². The summed E-state index contributed by atoms with van der Waals surface area (Å²) in [5, 5.41) is 3.56. The Morgan fingerprint density at radius 3 is 2.61 bits per heavy atom. The average Bonchev–Trinajstić information content (AvgIpc) is 3.47. The fourth-order valence-electron chi connectivity index (χ4n) is 4.29. The number of anilines is 2. The van der Waals surface area contributed by atoms with Crippen LogP contribution in [0.4, 0.5) is 11.5 Å². The van der Waals surface area contributed by atoms with Crippen LogP contribution in [-0.2, 0) is 10.2 Å². The van der Waals surface area contributed by atoms with E-state index in [0.717, 1.165) is 34.8 Å². The predicted octanol–water partition coefficient (Wildman–Crippen LogP) is 4.48. The van der Waals surface area contributed by atoms with E-state index in [9.17, 15) is 4.79 Å². The van der Waals surface area contributed by atoms with Gasteiger partial charge in [0.25, 0.3) is 0 Å². The van der Waals surface area contributed by atoms with Gasteiger partial charge < -0.3 is 10.2 Å². The largest absolute Gasteiger partial charge is 0.371 e. The predicted molar refractivity (Wildman–Crippen MR) is 124 cm³/mol. The van der Waals surface area contributed by atoms with Crippen molar-refractivity contribution in [3.05, 3.63) is 76.5 Å². The molecule has 31 heavy (non-hydrogen) atoms. The highest BCUT2D eigenvalue weighted by Gasteiger charge is 2.59. The molecule has 1 aliphatic rings. The van der Waals surface area contributed by atoms with Crippen LogP contribution in [0.5, 0.6) is 0 Å². The topological polar surface area (TPSA) is 71.0 Å². The monoisotopic (exact) mass is 435 g/mol. The minimum absolute atomic E-state index is 0.0247. The molecule has 3 aromatic rings. The van der Waals surface area contributed by atoms with E-state index in [0.29, 0.717) is 17.4 Å². The summed E-state index contributed by atoms with van der Waals surface area (Å²) in [5.74, 6) is 1.10. The number of likely N-dealkylation sites (N-methyl/N-ethyl adjacent to an activating group) is 1. The molecule has 160 valence electrons. The molecule has 7 heteroatoms. The lowest BCUT2D eigenvalue weighted by molar-refractivity contribution is -0.117. The van der Waals surface area contributed by atoms with Crippen molar-refractivity contribution in [1.82, 2.24) is 15.0 Å². The molecule has 0 unspecified atom stereocenters. The molecule has 4 rings (SSSR count). The molecule has 0 aliphatic heterocycles. The maximum absolute atomic E-state index is 13.2. The zero-order valence-corrected chi connectivity index (χ0v) is 18.9. The quantitative estimate of drug-likeness (QED) is 0.618. The molecule has 0 radical (unpaired) electrons. The molecule has 1 saturated carbocycles. The number of nitrogens with one attached hydrogen (secondary N) is 1. The van der Waals surface area contributed by atoms with Crippen LogP contribution in [0.15, 0.2) is 48.8 Å². The van der Waals surface area contributed by atoms with Crippen LogP contribution in [0, 0.1) is 26.7 Å². The molecule has 1 fully saturated rings. The van der Waals surface area contributed by atoms with E-state index in [1.165, 1.54) is 0 Å². The van der Waals surface area contributed by atoms with Crippen LogP contribution >= 0.6 is 11.6 Å². The van der Waals surface area contributed by atoms with Gasteiger partial charge in [-0.15, -0.1) is 0 Å². The minimum atomic E-state index is -0.279. The van der Waals surface area contributed by atoms with Crippen molar-refractivity contribution in [2.75, 3.05) is 23.8 Å². The summed E-state index contributed by atoms with van der Waals surface area (Å²) in [4.78, 5) is 28.4. The highest BCUT2D eigenvalue weighted by molar-refractivity contribution is 6.31. The average molecular weight is 436 g/mol. The van der Waals surface area contributed by atoms with Crippen molar-refractivity contribution >= 4 is 29.0 Å². The second-order valence-corrected chi connectivity index (χ2v) is 8.74. The number of pyridine rings is 1. The molecule has 2 heterocycles. The summed E-state index contributed by atoms with van der Waals surface area (Å²) < 4.78 is 0. The Morgan fingerprint density at radius 1 is 1.19 bits per heavy atom. The van der Waals surface area contributed by atoms with Crippen molar-refractivity contribution in [2.24, 2.45) is 5.92 Å². The number of aromatic nitrogens is 3. The van der Waals surface area contributed by atoms with Crippen LogP contribution in [-0.4, -0.2) is 34.5 Å². The number of hydrogen-bond donors (Lipinski definition) is 1. The SMILES string of the molecule is Cc1ncc(N(C)C[C@@]2(c3ccccc3)C[C@H]2C(=O)Nc2cc(C)c(Cl)cn2)c(C)n1. The molecule has 0 bridgehead atoms. The summed E-state index contributed by atoms with van der Waals surface area (Å²) in [6.07, 6.45) is 4.19. The van der Waals surface area contributed by atoms with E-state index in [4.69, 9.17) is 11.6 Å². The lowest BCUT2D eigenvalue weighted by atomic mass is 9.92.